The van der Waals surface area contributed by atoms with Crippen LogP contribution in [0.3, 0.4) is 0 Å². The summed E-state index contributed by atoms with van der Waals surface area (Å²) in [4.78, 5) is 36.6. The largest absolute Gasteiger partial charge is 0.315 e. The van der Waals surface area contributed by atoms with E-state index in [1.807, 2.05) is 0 Å². The van der Waals surface area contributed by atoms with Gasteiger partial charge in [-0.1, -0.05) is 11.6 Å². The first-order valence-electron chi connectivity index (χ1n) is 5.85. The number of carbonyl (C=O) groups excluding carboxylic acids is 3. The average molecular weight is 299 g/mol. The normalized spacial score (nSPS) is 17.9. The van der Waals surface area contributed by atoms with Crippen molar-refractivity contribution in [3.05, 3.63) is 34.6 Å². The number of benzene rings is 1. The van der Waals surface area contributed by atoms with Gasteiger partial charge in [0.1, 0.15) is 17.9 Å². The standard InChI is InChI=1S/C13H12ClFN2O3/c1-13(2)12(20)16-10(18)6-17(13)11(19)8-5-7(14)3-4-9(8)15/h3-5H,6H2,1-2H3,(H,16,18,20). The lowest BCUT2D eigenvalue weighted by Crippen LogP contribution is -2.65. The molecule has 2 rings (SSSR count). The van der Waals surface area contributed by atoms with Crippen LogP contribution in [0, 0.1) is 5.82 Å². The lowest BCUT2D eigenvalue weighted by atomic mass is 9.97. The number of imide groups is 1. The fourth-order valence-electron chi connectivity index (χ4n) is 1.92. The van der Waals surface area contributed by atoms with Gasteiger partial charge in [0.25, 0.3) is 11.8 Å². The van der Waals surface area contributed by atoms with Crippen LogP contribution < -0.4 is 5.32 Å². The van der Waals surface area contributed by atoms with Gasteiger partial charge in [-0.25, -0.2) is 4.39 Å². The molecule has 3 amide bonds. The number of nitrogens with one attached hydrogen (secondary N) is 1. The summed E-state index contributed by atoms with van der Waals surface area (Å²) in [7, 11) is 0. The Morgan fingerprint density at radius 1 is 1.40 bits per heavy atom. The maximum atomic E-state index is 13.7. The first-order valence-corrected chi connectivity index (χ1v) is 6.22. The van der Waals surface area contributed by atoms with E-state index in [0.29, 0.717) is 0 Å². The average Bonchev–Trinajstić information content (AvgIpc) is 2.36. The molecule has 7 heteroatoms. The van der Waals surface area contributed by atoms with Crippen LogP contribution in [0.15, 0.2) is 18.2 Å². The Labute approximate surface area is 119 Å². The minimum Gasteiger partial charge on any atom is -0.315 e. The highest BCUT2D eigenvalue weighted by Crippen LogP contribution is 2.23. The van der Waals surface area contributed by atoms with Crippen LogP contribution in [-0.4, -0.2) is 34.7 Å². The molecule has 0 spiro atoms. The molecule has 0 bridgehead atoms. The highest BCUT2D eigenvalue weighted by atomic mass is 35.5. The molecule has 1 aliphatic heterocycles. The molecule has 0 unspecified atom stereocenters. The van der Waals surface area contributed by atoms with E-state index < -0.39 is 29.1 Å². The van der Waals surface area contributed by atoms with Gasteiger partial charge in [0.15, 0.2) is 0 Å². The third-order valence-electron chi connectivity index (χ3n) is 3.19. The fraction of sp³-hybridized carbons (Fsp3) is 0.308. The molecular formula is C13H12ClFN2O3. The minimum absolute atomic E-state index is 0.195. The van der Waals surface area contributed by atoms with Crippen molar-refractivity contribution < 1.29 is 18.8 Å². The van der Waals surface area contributed by atoms with Gasteiger partial charge in [0.2, 0.25) is 5.91 Å². The second kappa shape index (κ2) is 4.86. The van der Waals surface area contributed by atoms with Crippen LogP contribution >= 0.6 is 11.6 Å². The molecule has 0 atom stereocenters. The fourth-order valence-corrected chi connectivity index (χ4v) is 2.09. The number of rotatable bonds is 1. The van der Waals surface area contributed by atoms with Crippen molar-refractivity contribution in [1.29, 1.82) is 0 Å². The van der Waals surface area contributed by atoms with Crippen LogP contribution in [0.5, 0.6) is 0 Å². The Balaban J connectivity index is 2.43. The van der Waals surface area contributed by atoms with Crippen molar-refractivity contribution in [2.24, 2.45) is 0 Å². The van der Waals surface area contributed by atoms with Gasteiger partial charge in [-0.05, 0) is 32.0 Å². The maximum absolute atomic E-state index is 13.7. The number of nitrogens with zero attached hydrogens (tertiary/aromatic N) is 1. The van der Waals surface area contributed by atoms with Crippen LogP contribution in [0.4, 0.5) is 4.39 Å². The maximum Gasteiger partial charge on any atom is 0.258 e. The summed E-state index contributed by atoms with van der Waals surface area (Å²) in [6.45, 7) is 2.65. The van der Waals surface area contributed by atoms with E-state index in [1.165, 1.54) is 26.0 Å². The van der Waals surface area contributed by atoms with Crippen molar-refractivity contribution in [3.8, 4) is 0 Å². The van der Waals surface area contributed by atoms with Gasteiger partial charge in [-0.3, -0.25) is 19.7 Å². The smallest absolute Gasteiger partial charge is 0.258 e. The quantitative estimate of drug-likeness (QED) is 0.796. The summed E-state index contributed by atoms with van der Waals surface area (Å²) in [5.74, 6) is -2.72. The summed E-state index contributed by atoms with van der Waals surface area (Å²) >= 11 is 5.74. The van der Waals surface area contributed by atoms with E-state index in [4.69, 9.17) is 11.6 Å². The Morgan fingerprint density at radius 3 is 2.70 bits per heavy atom. The summed E-state index contributed by atoms with van der Waals surface area (Å²) < 4.78 is 13.7. The van der Waals surface area contributed by atoms with E-state index in [1.54, 1.807) is 0 Å². The molecule has 0 aliphatic carbocycles. The number of halogens is 2. The van der Waals surface area contributed by atoms with Crippen molar-refractivity contribution in [3.63, 3.8) is 0 Å². The van der Waals surface area contributed by atoms with E-state index in [-0.39, 0.29) is 17.1 Å². The first-order chi connectivity index (χ1) is 9.23. The van der Waals surface area contributed by atoms with Gasteiger partial charge >= 0.3 is 0 Å². The van der Waals surface area contributed by atoms with Crippen LogP contribution in [0.2, 0.25) is 5.02 Å². The van der Waals surface area contributed by atoms with Crippen LogP contribution in [0.1, 0.15) is 24.2 Å². The number of amides is 3. The van der Waals surface area contributed by atoms with Gasteiger partial charge in [0, 0.05) is 5.02 Å². The summed E-state index contributed by atoms with van der Waals surface area (Å²) in [5, 5.41) is 2.34. The highest BCUT2D eigenvalue weighted by molar-refractivity contribution is 6.31. The minimum atomic E-state index is -1.25. The number of piperazine rings is 1. The van der Waals surface area contributed by atoms with E-state index in [2.05, 4.69) is 5.32 Å². The zero-order valence-corrected chi connectivity index (χ0v) is 11.6. The first kappa shape index (κ1) is 14.5. The SMILES string of the molecule is CC1(C)C(=O)NC(=O)CN1C(=O)c1cc(Cl)ccc1F. The van der Waals surface area contributed by atoms with Crippen molar-refractivity contribution in [2.75, 3.05) is 6.54 Å². The lowest BCUT2D eigenvalue weighted by molar-refractivity contribution is -0.143. The zero-order valence-electron chi connectivity index (χ0n) is 10.9. The summed E-state index contributed by atoms with van der Waals surface area (Å²) in [6.07, 6.45) is 0. The number of carbonyl (C=O) groups is 3. The van der Waals surface area contributed by atoms with Crippen LogP contribution in [0.25, 0.3) is 0 Å². The molecule has 1 aromatic carbocycles. The Bertz CT molecular complexity index is 616. The summed E-state index contributed by atoms with van der Waals surface area (Å²) in [5.41, 5.74) is -1.52. The predicted molar refractivity (Wildman–Crippen MR) is 69.7 cm³/mol. The third kappa shape index (κ3) is 2.38. The summed E-state index contributed by atoms with van der Waals surface area (Å²) in [6, 6.07) is 3.55. The Morgan fingerprint density at radius 2 is 2.05 bits per heavy atom. The molecule has 1 N–H and O–H groups in total. The second-order valence-electron chi connectivity index (χ2n) is 4.95. The predicted octanol–water partition coefficient (Wildman–Crippen LogP) is 1.36. The molecule has 106 valence electrons. The molecule has 0 aromatic heterocycles. The Kier molecular flexibility index (Phi) is 3.52. The molecule has 1 fully saturated rings. The molecule has 0 saturated carbocycles. The van der Waals surface area contributed by atoms with E-state index in [9.17, 15) is 18.8 Å². The molecule has 20 heavy (non-hydrogen) atoms. The highest BCUT2D eigenvalue weighted by Gasteiger charge is 2.44. The molecule has 0 radical (unpaired) electrons. The molecule has 1 aromatic rings. The molecule has 1 saturated heterocycles. The molecule has 1 heterocycles. The van der Waals surface area contributed by atoms with Gasteiger partial charge in [-0.15, -0.1) is 0 Å². The molecule has 5 nitrogen and oxygen atoms in total. The lowest BCUT2D eigenvalue weighted by Gasteiger charge is -2.40. The third-order valence-corrected chi connectivity index (χ3v) is 3.42. The van der Waals surface area contributed by atoms with Gasteiger partial charge in [0.05, 0.1) is 5.56 Å². The monoisotopic (exact) mass is 298 g/mol. The van der Waals surface area contributed by atoms with E-state index in [0.717, 1.165) is 11.0 Å². The number of hydrogen-bond acceptors (Lipinski definition) is 3. The molecular weight excluding hydrogens is 287 g/mol. The Hall–Kier alpha value is -1.95. The van der Waals surface area contributed by atoms with E-state index >= 15 is 0 Å². The second-order valence-corrected chi connectivity index (χ2v) is 5.39. The zero-order chi connectivity index (χ0) is 15.1. The van der Waals surface area contributed by atoms with Crippen LogP contribution in [-0.2, 0) is 9.59 Å². The van der Waals surface area contributed by atoms with Crippen molar-refractivity contribution >= 4 is 29.3 Å². The van der Waals surface area contributed by atoms with Crippen molar-refractivity contribution in [2.45, 2.75) is 19.4 Å². The van der Waals surface area contributed by atoms with Crippen molar-refractivity contribution in [1.82, 2.24) is 10.2 Å². The topological polar surface area (TPSA) is 66.5 Å². The number of hydrogen-bond donors (Lipinski definition) is 1. The van der Waals surface area contributed by atoms with Gasteiger partial charge < -0.3 is 4.90 Å². The molecule has 1 aliphatic rings. The van der Waals surface area contributed by atoms with Gasteiger partial charge in [-0.2, -0.15) is 0 Å².